The van der Waals surface area contributed by atoms with Crippen molar-refractivity contribution in [2.24, 2.45) is 0 Å². The fourth-order valence-corrected chi connectivity index (χ4v) is 0.466. The zero-order valence-electron chi connectivity index (χ0n) is 6.53. The van der Waals surface area contributed by atoms with Crippen LogP contribution in [0.2, 0.25) is 0 Å². The largest absolute Gasteiger partial charge is 0.285 e. The third-order valence-electron chi connectivity index (χ3n) is 0.892. The molecule has 0 aromatic rings. The van der Waals surface area contributed by atoms with Crippen LogP contribution in [0.1, 0.15) is 26.7 Å². The van der Waals surface area contributed by atoms with Crippen molar-refractivity contribution in [1.82, 2.24) is 0 Å². The van der Waals surface area contributed by atoms with Crippen LogP contribution >= 0.6 is 0 Å². The molecule has 1 nitrogen and oxygen atoms in total. The van der Waals surface area contributed by atoms with Gasteiger partial charge in [-0.05, 0) is 24.8 Å². The summed E-state index contributed by atoms with van der Waals surface area (Å²) in [5, 5.41) is 0. The zero-order valence-corrected chi connectivity index (χ0v) is 6.53. The van der Waals surface area contributed by atoms with Crippen LogP contribution in [0, 0.1) is 11.8 Å². The maximum Gasteiger partial charge on any atom is 0.205 e. The first-order valence-electron chi connectivity index (χ1n) is 3.37. The van der Waals surface area contributed by atoms with Crippen molar-refractivity contribution < 1.29 is 4.79 Å². The number of carbonyl (C=O) groups excluding carboxylic acids is 1. The molecular formula is C9H12O. The maximum atomic E-state index is 10.7. The Labute approximate surface area is 62.1 Å². The van der Waals surface area contributed by atoms with Crippen LogP contribution in [0.15, 0.2) is 12.2 Å². The molecule has 0 N–H and O–H groups in total. The lowest BCUT2D eigenvalue weighted by molar-refractivity contribution is -0.113. The second-order valence-electron chi connectivity index (χ2n) is 2.20. The topological polar surface area (TPSA) is 17.1 Å². The number of hydrogen-bond donors (Lipinski definition) is 0. The predicted octanol–water partition coefficient (Wildman–Crippen LogP) is 1.94. The van der Waals surface area contributed by atoms with Gasteiger partial charge in [0.2, 0.25) is 5.78 Å². The van der Waals surface area contributed by atoms with Gasteiger partial charge in [-0.3, -0.25) is 4.79 Å². The molecule has 0 aromatic carbocycles. The van der Waals surface area contributed by atoms with Gasteiger partial charge in [0, 0.05) is 6.42 Å². The minimum absolute atomic E-state index is 0.00509. The molecule has 0 unspecified atom stereocenters. The highest BCUT2D eigenvalue weighted by Gasteiger charge is 1.90. The quantitative estimate of drug-likeness (QED) is 0.419. The van der Waals surface area contributed by atoms with Crippen LogP contribution in [0.25, 0.3) is 0 Å². The van der Waals surface area contributed by atoms with E-state index >= 15 is 0 Å². The van der Waals surface area contributed by atoms with Gasteiger partial charge in [-0.15, -0.1) is 0 Å². The lowest BCUT2D eigenvalue weighted by Crippen LogP contribution is -1.90. The Bertz CT molecular complexity index is 191. The van der Waals surface area contributed by atoms with Crippen LogP contribution in [0.5, 0.6) is 0 Å². The Morgan fingerprint density at radius 2 is 2.10 bits per heavy atom. The van der Waals surface area contributed by atoms with Crippen molar-refractivity contribution in [3.05, 3.63) is 12.2 Å². The van der Waals surface area contributed by atoms with Gasteiger partial charge in [-0.2, -0.15) is 0 Å². The summed E-state index contributed by atoms with van der Waals surface area (Å²) < 4.78 is 0. The summed E-state index contributed by atoms with van der Waals surface area (Å²) >= 11 is 0. The van der Waals surface area contributed by atoms with E-state index in [1.807, 2.05) is 6.92 Å². The first-order valence-corrected chi connectivity index (χ1v) is 3.37. The minimum Gasteiger partial charge on any atom is -0.285 e. The highest BCUT2D eigenvalue weighted by molar-refractivity contribution is 5.95. The van der Waals surface area contributed by atoms with Crippen LogP contribution in [-0.2, 0) is 4.79 Å². The summed E-state index contributed by atoms with van der Waals surface area (Å²) in [7, 11) is 0. The summed E-state index contributed by atoms with van der Waals surface area (Å²) in [4.78, 5) is 10.7. The molecule has 0 saturated carbocycles. The molecule has 0 atom stereocenters. The van der Waals surface area contributed by atoms with Crippen LogP contribution in [-0.4, -0.2) is 5.78 Å². The lowest BCUT2D eigenvalue weighted by atomic mass is 10.2. The van der Waals surface area contributed by atoms with E-state index in [1.54, 1.807) is 6.92 Å². The zero-order chi connectivity index (χ0) is 7.98. The molecule has 0 saturated heterocycles. The Morgan fingerprint density at radius 3 is 2.50 bits per heavy atom. The molecule has 0 amide bonds. The van der Waals surface area contributed by atoms with E-state index in [-0.39, 0.29) is 5.78 Å². The van der Waals surface area contributed by atoms with Crippen molar-refractivity contribution in [3.8, 4) is 11.8 Å². The fraction of sp³-hybridized carbons (Fsp3) is 0.444. The number of carbonyl (C=O) groups is 1. The monoisotopic (exact) mass is 136 g/mol. The summed E-state index contributed by atoms with van der Waals surface area (Å²) in [5.74, 6) is 5.14. The summed E-state index contributed by atoms with van der Waals surface area (Å²) in [6.07, 6.45) is 1.42. The van der Waals surface area contributed by atoms with Gasteiger partial charge in [0.05, 0.1) is 0 Å². The first-order chi connectivity index (χ1) is 4.66. The van der Waals surface area contributed by atoms with E-state index in [9.17, 15) is 4.79 Å². The molecule has 0 rings (SSSR count). The first kappa shape index (κ1) is 8.97. The average molecular weight is 136 g/mol. The van der Waals surface area contributed by atoms with E-state index < -0.39 is 0 Å². The number of hydrogen-bond acceptors (Lipinski definition) is 1. The molecular weight excluding hydrogens is 124 g/mol. The molecule has 10 heavy (non-hydrogen) atoms. The molecule has 0 aliphatic heterocycles. The second kappa shape index (κ2) is 4.81. The number of Topliss-reactive ketones (excluding diaryl/α,β-unsaturated/α-hetero) is 1. The number of ketones is 1. The minimum atomic E-state index is 0.00509. The second-order valence-corrected chi connectivity index (χ2v) is 2.20. The summed E-state index contributed by atoms with van der Waals surface area (Å²) in [6.45, 7) is 7.30. The highest BCUT2D eigenvalue weighted by Crippen LogP contribution is 1.87. The van der Waals surface area contributed by atoms with Crippen molar-refractivity contribution in [1.29, 1.82) is 0 Å². The highest BCUT2D eigenvalue weighted by atomic mass is 16.1. The molecule has 0 aromatic heterocycles. The summed E-state index contributed by atoms with van der Waals surface area (Å²) in [5.41, 5.74) is 0.740. The Balaban J connectivity index is 3.81. The molecule has 0 spiro atoms. The van der Waals surface area contributed by atoms with E-state index in [0.717, 1.165) is 12.0 Å². The molecule has 0 bridgehead atoms. The molecule has 54 valence electrons. The standard InChI is InChI=1S/C9H12O/c1-4-5-9(10)7-6-8(2)3/h2,4-5H2,1,3H3. The number of allylic oxidation sites excluding steroid dienone is 1. The Morgan fingerprint density at radius 1 is 1.50 bits per heavy atom. The van der Waals surface area contributed by atoms with Gasteiger partial charge in [0.1, 0.15) is 0 Å². The van der Waals surface area contributed by atoms with Crippen LogP contribution in [0.3, 0.4) is 0 Å². The van der Waals surface area contributed by atoms with Gasteiger partial charge in [-0.1, -0.05) is 19.4 Å². The molecule has 0 fully saturated rings. The van der Waals surface area contributed by atoms with E-state index in [4.69, 9.17) is 0 Å². The number of rotatable bonds is 2. The van der Waals surface area contributed by atoms with E-state index in [2.05, 4.69) is 18.4 Å². The van der Waals surface area contributed by atoms with Crippen LogP contribution < -0.4 is 0 Å². The predicted molar refractivity (Wildman–Crippen MR) is 42.5 cm³/mol. The average Bonchev–Trinajstić information content (AvgIpc) is 1.85. The van der Waals surface area contributed by atoms with Crippen LogP contribution in [0.4, 0.5) is 0 Å². The third kappa shape index (κ3) is 5.11. The van der Waals surface area contributed by atoms with Crippen molar-refractivity contribution in [2.75, 3.05) is 0 Å². The molecule has 0 aliphatic carbocycles. The Hall–Kier alpha value is -1.03. The lowest BCUT2D eigenvalue weighted by Gasteiger charge is -1.83. The van der Waals surface area contributed by atoms with Gasteiger partial charge in [0.15, 0.2) is 0 Å². The molecule has 1 heteroatoms. The van der Waals surface area contributed by atoms with Crippen molar-refractivity contribution in [3.63, 3.8) is 0 Å². The SMILES string of the molecule is C=C(C)C#CC(=O)CCC. The van der Waals surface area contributed by atoms with Gasteiger partial charge >= 0.3 is 0 Å². The van der Waals surface area contributed by atoms with Crippen molar-refractivity contribution >= 4 is 5.78 Å². The molecule has 0 aliphatic rings. The van der Waals surface area contributed by atoms with Gasteiger partial charge < -0.3 is 0 Å². The smallest absolute Gasteiger partial charge is 0.205 e. The van der Waals surface area contributed by atoms with Gasteiger partial charge in [-0.25, -0.2) is 0 Å². The summed E-state index contributed by atoms with van der Waals surface area (Å²) in [6, 6.07) is 0. The maximum absolute atomic E-state index is 10.7. The van der Waals surface area contributed by atoms with Crippen molar-refractivity contribution in [2.45, 2.75) is 26.7 Å². The fourth-order valence-electron chi connectivity index (χ4n) is 0.466. The van der Waals surface area contributed by atoms with E-state index in [1.165, 1.54) is 0 Å². The van der Waals surface area contributed by atoms with Gasteiger partial charge in [0.25, 0.3) is 0 Å². The van der Waals surface area contributed by atoms with E-state index in [0.29, 0.717) is 6.42 Å². The molecule has 0 heterocycles. The normalized spacial score (nSPS) is 7.80. The third-order valence-corrected chi connectivity index (χ3v) is 0.892. The Kier molecular flexibility index (Phi) is 4.32. The molecule has 0 radical (unpaired) electrons.